The number of hydrogen-bond acceptors (Lipinski definition) is 5. The molecule has 1 aromatic heterocycles. The summed E-state index contributed by atoms with van der Waals surface area (Å²) in [7, 11) is 0. The first kappa shape index (κ1) is 14.5. The summed E-state index contributed by atoms with van der Waals surface area (Å²) in [6, 6.07) is 0. The van der Waals surface area contributed by atoms with E-state index in [1.54, 1.807) is 0 Å². The van der Waals surface area contributed by atoms with Crippen molar-refractivity contribution in [2.75, 3.05) is 37.6 Å². The van der Waals surface area contributed by atoms with E-state index in [-0.39, 0.29) is 0 Å². The number of aromatic nitrogens is 1. The van der Waals surface area contributed by atoms with Gasteiger partial charge in [-0.05, 0) is 12.3 Å². The van der Waals surface area contributed by atoms with Crippen molar-refractivity contribution in [2.45, 2.75) is 27.2 Å². The van der Waals surface area contributed by atoms with E-state index in [1.807, 2.05) is 6.92 Å². The van der Waals surface area contributed by atoms with Crippen LogP contribution in [0.15, 0.2) is 0 Å². The van der Waals surface area contributed by atoms with Gasteiger partial charge in [0.25, 0.3) is 0 Å². The number of carbonyl (C=O) groups excluding carboxylic acids is 1. The minimum absolute atomic E-state index is 0.722. The summed E-state index contributed by atoms with van der Waals surface area (Å²) in [5.74, 6) is 0.722. The topological polar surface area (TPSA) is 36.4 Å². The van der Waals surface area contributed by atoms with Gasteiger partial charge in [0.15, 0.2) is 11.4 Å². The number of piperazine rings is 1. The quantitative estimate of drug-likeness (QED) is 0.776. The van der Waals surface area contributed by atoms with Crippen molar-refractivity contribution in [1.29, 1.82) is 0 Å². The lowest BCUT2D eigenvalue weighted by atomic mass is 10.2. The molecule has 1 aliphatic rings. The van der Waals surface area contributed by atoms with E-state index >= 15 is 0 Å². The van der Waals surface area contributed by atoms with Gasteiger partial charge < -0.3 is 4.90 Å². The molecular weight excluding hydrogens is 258 g/mol. The predicted molar refractivity (Wildman–Crippen MR) is 80.4 cm³/mol. The molecule has 5 heteroatoms. The van der Waals surface area contributed by atoms with E-state index in [2.05, 4.69) is 28.6 Å². The Labute approximate surface area is 119 Å². The van der Waals surface area contributed by atoms with E-state index in [0.717, 1.165) is 60.5 Å². The van der Waals surface area contributed by atoms with Crippen LogP contribution < -0.4 is 4.90 Å². The second-order valence-corrected chi connectivity index (χ2v) is 6.47. The number of aldehydes is 1. The molecule has 0 amide bonds. The van der Waals surface area contributed by atoms with Crippen molar-refractivity contribution in [3.8, 4) is 0 Å². The van der Waals surface area contributed by atoms with Crippen LogP contribution in [0, 0.1) is 5.92 Å². The SMILES string of the molecule is CCc1nc(N2CCN(CC(C)C)CC2)sc1C=O. The summed E-state index contributed by atoms with van der Waals surface area (Å²) in [5.41, 5.74) is 0.944. The maximum absolute atomic E-state index is 11.0. The summed E-state index contributed by atoms with van der Waals surface area (Å²) >= 11 is 1.53. The number of nitrogens with zero attached hydrogens (tertiary/aromatic N) is 3. The monoisotopic (exact) mass is 281 g/mol. The minimum atomic E-state index is 0.722. The third kappa shape index (κ3) is 3.54. The van der Waals surface area contributed by atoms with Crippen molar-refractivity contribution in [3.63, 3.8) is 0 Å². The van der Waals surface area contributed by atoms with Gasteiger partial charge in [0, 0.05) is 32.7 Å². The highest BCUT2D eigenvalue weighted by Crippen LogP contribution is 2.26. The number of rotatable bonds is 5. The van der Waals surface area contributed by atoms with Gasteiger partial charge >= 0.3 is 0 Å². The normalized spacial score (nSPS) is 17.2. The molecule has 19 heavy (non-hydrogen) atoms. The number of anilines is 1. The molecule has 0 N–H and O–H groups in total. The van der Waals surface area contributed by atoms with Gasteiger partial charge in [0.05, 0.1) is 10.6 Å². The molecule has 0 unspecified atom stereocenters. The van der Waals surface area contributed by atoms with Crippen LogP contribution in [0.4, 0.5) is 5.13 Å². The smallest absolute Gasteiger partial charge is 0.186 e. The van der Waals surface area contributed by atoms with Gasteiger partial charge in [-0.2, -0.15) is 0 Å². The summed E-state index contributed by atoms with van der Waals surface area (Å²) in [4.78, 5) is 21.2. The Kier molecular flexibility index (Phi) is 4.93. The number of aryl methyl sites for hydroxylation is 1. The molecule has 4 nitrogen and oxygen atoms in total. The van der Waals surface area contributed by atoms with Crippen LogP contribution >= 0.6 is 11.3 Å². The fourth-order valence-electron chi connectivity index (χ4n) is 2.47. The van der Waals surface area contributed by atoms with Crippen LogP contribution in [0.25, 0.3) is 0 Å². The van der Waals surface area contributed by atoms with Gasteiger partial charge in [0.2, 0.25) is 0 Å². The lowest BCUT2D eigenvalue weighted by Crippen LogP contribution is -2.47. The molecule has 1 aliphatic heterocycles. The van der Waals surface area contributed by atoms with E-state index in [1.165, 1.54) is 17.9 Å². The van der Waals surface area contributed by atoms with Crippen LogP contribution in [0.2, 0.25) is 0 Å². The summed E-state index contributed by atoms with van der Waals surface area (Å²) in [6.07, 6.45) is 1.77. The Morgan fingerprint density at radius 3 is 2.47 bits per heavy atom. The second-order valence-electron chi connectivity index (χ2n) is 5.46. The number of carbonyl (C=O) groups is 1. The first-order valence-corrected chi connectivity index (χ1v) is 7.87. The Morgan fingerprint density at radius 2 is 2.00 bits per heavy atom. The molecule has 0 saturated carbocycles. The maximum atomic E-state index is 11.0. The van der Waals surface area contributed by atoms with E-state index in [0.29, 0.717) is 0 Å². The number of thiazole rings is 1. The molecule has 0 atom stereocenters. The van der Waals surface area contributed by atoms with Crippen molar-refractivity contribution in [2.24, 2.45) is 5.92 Å². The zero-order chi connectivity index (χ0) is 13.8. The molecule has 0 aliphatic carbocycles. The lowest BCUT2D eigenvalue weighted by molar-refractivity contribution is 0.112. The number of hydrogen-bond donors (Lipinski definition) is 0. The van der Waals surface area contributed by atoms with Crippen LogP contribution in [0.5, 0.6) is 0 Å². The molecule has 0 bridgehead atoms. The molecule has 2 rings (SSSR count). The van der Waals surface area contributed by atoms with Crippen LogP contribution in [0.1, 0.15) is 36.1 Å². The van der Waals surface area contributed by atoms with E-state index in [9.17, 15) is 4.79 Å². The minimum Gasteiger partial charge on any atom is -0.346 e. The van der Waals surface area contributed by atoms with E-state index < -0.39 is 0 Å². The highest BCUT2D eigenvalue weighted by Gasteiger charge is 2.21. The Hall–Kier alpha value is -0.940. The molecule has 106 valence electrons. The van der Waals surface area contributed by atoms with Gasteiger partial charge in [0.1, 0.15) is 0 Å². The standard InChI is InChI=1S/C14H23N3OS/c1-4-12-13(10-18)19-14(15-12)17-7-5-16(6-8-17)9-11(2)3/h10-11H,4-9H2,1-3H3. The van der Waals surface area contributed by atoms with Crippen molar-refractivity contribution < 1.29 is 4.79 Å². The first-order valence-electron chi connectivity index (χ1n) is 7.06. The Balaban J connectivity index is 1.97. The molecule has 2 heterocycles. The second kappa shape index (κ2) is 6.48. The van der Waals surface area contributed by atoms with Crippen LogP contribution in [-0.4, -0.2) is 48.9 Å². The van der Waals surface area contributed by atoms with Gasteiger partial charge in [-0.3, -0.25) is 9.69 Å². The Morgan fingerprint density at radius 1 is 1.32 bits per heavy atom. The zero-order valence-corrected chi connectivity index (χ0v) is 12.9. The molecule has 0 spiro atoms. The maximum Gasteiger partial charge on any atom is 0.186 e. The van der Waals surface area contributed by atoms with Crippen molar-refractivity contribution in [1.82, 2.24) is 9.88 Å². The highest BCUT2D eigenvalue weighted by atomic mass is 32.1. The lowest BCUT2D eigenvalue weighted by Gasteiger charge is -2.35. The van der Waals surface area contributed by atoms with Crippen molar-refractivity contribution in [3.05, 3.63) is 10.6 Å². The van der Waals surface area contributed by atoms with Crippen molar-refractivity contribution >= 4 is 22.8 Å². The van der Waals surface area contributed by atoms with Gasteiger partial charge in [-0.1, -0.05) is 32.1 Å². The molecule has 1 aromatic rings. The highest BCUT2D eigenvalue weighted by molar-refractivity contribution is 7.17. The fourth-order valence-corrected chi connectivity index (χ4v) is 3.49. The van der Waals surface area contributed by atoms with Crippen LogP contribution in [0.3, 0.4) is 0 Å². The third-order valence-corrected chi connectivity index (χ3v) is 4.51. The molecule has 0 aromatic carbocycles. The average molecular weight is 281 g/mol. The van der Waals surface area contributed by atoms with Gasteiger partial charge in [-0.15, -0.1) is 0 Å². The zero-order valence-electron chi connectivity index (χ0n) is 12.1. The molecular formula is C14H23N3OS. The summed E-state index contributed by atoms with van der Waals surface area (Å²) in [5, 5.41) is 1.02. The first-order chi connectivity index (χ1) is 9.13. The largest absolute Gasteiger partial charge is 0.346 e. The molecule has 1 fully saturated rings. The summed E-state index contributed by atoms with van der Waals surface area (Å²) in [6.45, 7) is 12.0. The Bertz CT molecular complexity index is 422. The van der Waals surface area contributed by atoms with E-state index in [4.69, 9.17) is 0 Å². The van der Waals surface area contributed by atoms with Gasteiger partial charge in [-0.25, -0.2) is 4.98 Å². The average Bonchev–Trinajstić information content (AvgIpc) is 2.82. The molecule has 0 radical (unpaired) electrons. The molecule has 1 saturated heterocycles. The fraction of sp³-hybridized carbons (Fsp3) is 0.714. The summed E-state index contributed by atoms with van der Waals surface area (Å²) < 4.78 is 0. The third-order valence-electron chi connectivity index (χ3n) is 3.42. The predicted octanol–water partition coefficient (Wildman–Crippen LogP) is 2.30. The van der Waals surface area contributed by atoms with Crippen LogP contribution in [-0.2, 0) is 6.42 Å².